The minimum atomic E-state index is -4.66. The third-order valence-corrected chi connectivity index (χ3v) is 5.24. The van der Waals surface area contributed by atoms with Crippen molar-refractivity contribution in [2.75, 3.05) is 31.1 Å². The minimum absolute atomic E-state index is 0.0587. The van der Waals surface area contributed by atoms with Crippen molar-refractivity contribution in [3.63, 3.8) is 0 Å². The maximum absolute atomic E-state index is 12.9. The summed E-state index contributed by atoms with van der Waals surface area (Å²) in [5, 5.41) is 15.2. The second-order valence-corrected chi connectivity index (χ2v) is 7.13. The van der Waals surface area contributed by atoms with Gasteiger partial charge in [0, 0.05) is 44.2 Å². The molecule has 0 atom stereocenters. The highest BCUT2D eigenvalue weighted by atomic mass is 19.4. The molecule has 30 heavy (non-hydrogen) atoms. The largest absolute Gasteiger partial charge is 0.416 e. The number of nitrogens with zero attached hydrogens (tertiary/aromatic N) is 4. The van der Waals surface area contributed by atoms with Crippen LogP contribution in [0.3, 0.4) is 0 Å². The molecule has 1 aliphatic rings. The monoisotopic (exact) mass is 426 g/mol. The van der Waals surface area contributed by atoms with Crippen LogP contribution in [0.2, 0.25) is 0 Å². The lowest BCUT2D eigenvalue weighted by Crippen LogP contribution is -2.49. The molecule has 1 aliphatic heterocycles. The van der Waals surface area contributed by atoms with Crippen LogP contribution in [-0.2, 0) is 17.4 Å². The number of nitro benzene ring substituents is 1. The number of carbonyl (C=O) groups is 1. The molecule has 11 heteroatoms. The number of alkyl halides is 3. The number of nitro groups is 1. The SMILES string of the molecule is Cc1noc(C)c1CCC(=O)N1CCN(c2ccc(C(F)(F)F)cc2[N+](=O)[O-])CC1. The first-order valence-corrected chi connectivity index (χ1v) is 9.38. The molecular weight excluding hydrogens is 405 g/mol. The van der Waals surface area contributed by atoms with Gasteiger partial charge in [0.05, 0.1) is 16.2 Å². The van der Waals surface area contributed by atoms with Crippen LogP contribution in [0.4, 0.5) is 24.5 Å². The van der Waals surface area contributed by atoms with Gasteiger partial charge in [-0.25, -0.2) is 0 Å². The Bertz CT molecular complexity index is 930. The first-order valence-electron chi connectivity index (χ1n) is 9.38. The zero-order valence-electron chi connectivity index (χ0n) is 16.5. The fraction of sp³-hybridized carbons (Fsp3) is 0.474. The number of carbonyl (C=O) groups excluding carboxylic acids is 1. The lowest BCUT2D eigenvalue weighted by Gasteiger charge is -2.36. The molecule has 1 aromatic heterocycles. The number of benzene rings is 1. The van der Waals surface area contributed by atoms with E-state index in [1.54, 1.807) is 16.7 Å². The van der Waals surface area contributed by atoms with Crippen LogP contribution in [0.15, 0.2) is 22.7 Å². The van der Waals surface area contributed by atoms with Gasteiger partial charge in [0.2, 0.25) is 5.91 Å². The predicted molar refractivity (Wildman–Crippen MR) is 101 cm³/mol. The fourth-order valence-corrected chi connectivity index (χ4v) is 3.56. The number of amides is 1. The standard InChI is InChI=1S/C19H21F3N4O4/c1-12-15(13(2)30-23-12)4-6-18(27)25-9-7-24(8-10-25)16-5-3-14(19(20,21)22)11-17(16)26(28)29/h3,5,11H,4,6-10H2,1-2H3. The second kappa shape index (κ2) is 8.33. The highest BCUT2D eigenvalue weighted by molar-refractivity contribution is 5.77. The Kier molecular flexibility index (Phi) is 5.99. The van der Waals surface area contributed by atoms with E-state index in [1.807, 2.05) is 6.92 Å². The third-order valence-electron chi connectivity index (χ3n) is 5.24. The Morgan fingerprint density at radius 3 is 2.43 bits per heavy atom. The lowest BCUT2D eigenvalue weighted by atomic mass is 10.1. The van der Waals surface area contributed by atoms with E-state index < -0.39 is 22.4 Å². The van der Waals surface area contributed by atoms with Gasteiger partial charge in [-0.15, -0.1) is 0 Å². The molecule has 0 bridgehead atoms. The highest BCUT2D eigenvalue weighted by Gasteiger charge is 2.34. The molecule has 1 amide bonds. The van der Waals surface area contributed by atoms with Crippen LogP contribution in [-0.4, -0.2) is 47.1 Å². The first kappa shape index (κ1) is 21.6. The topological polar surface area (TPSA) is 92.7 Å². The van der Waals surface area contributed by atoms with Crippen molar-refractivity contribution in [2.24, 2.45) is 0 Å². The molecule has 0 spiro atoms. The van der Waals surface area contributed by atoms with E-state index in [4.69, 9.17) is 4.52 Å². The van der Waals surface area contributed by atoms with Gasteiger partial charge in [-0.2, -0.15) is 13.2 Å². The Balaban J connectivity index is 1.64. The van der Waals surface area contributed by atoms with Gasteiger partial charge in [-0.05, 0) is 32.4 Å². The molecule has 0 N–H and O–H groups in total. The number of aryl methyl sites for hydroxylation is 2. The molecule has 2 aromatic rings. The zero-order chi connectivity index (χ0) is 22.1. The van der Waals surface area contributed by atoms with Crippen LogP contribution in [0.5, 0.6) is 0 Å². The average Bonchev–Trinajstić information content (AvgIpc) is 3.02. The smallest absolute Gasteiger partial charge is 0.362 e. The number of hydrogen-bond donors (Lipinski definition) is 0. The normalized spacial score (nSPS) is 14.8. The van der Waals surface area contributed by atoms with Gasteiger partial charge in [-0.3, -0.25) is 14.9 Å². The van der Waals surface area contributed by atoms with E-state index in [0.717, 1.165) is 23.4 Å². The summed E-state index contributed by atoms with van der Waals surface area (Å²) in [5.74, 6) is 0.622. The van der Waals surface area contributed by atoms with Crippen LogP contribution >= 0.6 is 0 Å². The van der Waals surface area contributed by atoms with E-state index in [-0.39, 0.29) is 18.0 Å². The summed E-state index contributed by atoms with van der Waals surface area (Å²) in [6, 6.07) is 2.51. The highest BCUT2D eigenvalue weighted by Crippen LogP contribution is 2.36. The molecule has 1 fully saturated rings. The number of anilines is 1. The van der Waals surface area contributed by atoms with Crippen molar-refractivity contribution < 1.29 is 27.4 Å². The molecule has 2 heterocycles. The molecule has 0 unspecified atom stereocenters. The van der Waals surface area contributed by atoms with E-state index in [2.05, 4.69) is 5.16 Å². The Labute approximate surface area is 170 Å². The molecule has 0 aliphatic carbocycles. The van der Waals surface area contributed by atoms with Crippen molar-refractivity contribution in [1.29, 1.82) is 0 Å². The van der Waals surface area contributed by atoms with Crippen molar-refractivity contribution in [2.45, 2.75) is 32.9 Å². The van der Waals surface area contributed by atoms with Gasteiger partial charge >= 0.3 is 6.18 Å². The second-order valence-electron chi connectivity index (χ2n) is 7.13. The Morgan fingerprint density at radius 1 is 1.23 bits per heavy atom. The van der Waals surface area contributed by atoms with Crippen LogP contribution in [0, 0.1) is 24.0 Å². The molecule has 3 rings (SSSR count). The van der Waals surface area contributed by atoms with Crippen LogP contribution < -0.4 is 4.90 Å². The number of aromatic nitrogens is 1. The van der Waals surface area contributed by atoms with Crippen molar-refractivity contribution in [3.05, 3.63) is 50.9 Å². The number of rotatable bonds is 5. The predicted octanol–water partition coefficient (Wildman–Crippen LogP) is 3.50. The molecule has 162 valence electrons. The maximum Gasteiger partial charge on any atom is 0.416 e. The number of hydrogen-bond acceptors (Lipinski definition) is 6. The number of halogens is 3. The molecule has 0 radical (unpaired) electrons. The summed E-state index contributed by atoms with van der Waals surface area (Å²) in [6.07, 6.45) is -3.87. The van der Waals surface area contributed by atoms with Crippen molar-refractivity contribution in [1.82, 2.24) is 10.1 Å². The first-order chi connectivity index (χ1) is 14.1. The fourth-order valence-electron chi connectivity index (χ4n) is 3.56. The molecule has 1 saturated heterocycles. The Hall–Kier alpha value is -3.11. The zero-order valence-corrected chi connectivity index (χ0v) is 16.5. The maximum atomic E-state index is 12.9. The van der Waals surface area contributed by atoms with Crippen LogP contribution in [0.1, 0.15) is 29.0 Å². The molecular formula is C19H21F3N4O4. The van der Waals surface area contributed by atoms with E-state index in [9.17, 15) is 28.1 Å². The third kappa shape index (κ3) is 4.55. The Morgan fingerprint density at radius 2 is 1.90 bits per heavy atom. The summed E-state index contributed by atoms with van der Waals surface area (Å²) >= 11 is 0. The number of piperazine rings is 1. The van der Waals surface area contributed by atoms with Gasteiger partial charge in [-0.1, -0.05) is 5.16 Å². The summed E-state index contributed by atoms with van der Waals surface area (Å²) in [7, 11) is 0. The van der Waals surface area contributed by atoms with Gasteiger partial charge in [0.1, 0.15) is 11.4 Å². The van der Waals surface area contributed by atoms with E-state index >= 15 is 0 Å². The quantitative estimate of drug-likeness (QED) is 0.537. The van der Waals surface area contributed by atoms with E-state index in [0.29, 0.717) is 44.4 Å². The van der Waals surface area contributed by atoms with Crippen molar-refractivity contribution in [3.8, 4) is 0 Å². The van der Waals surface area contributed by atoms with Crippen LogP contribution in [0.25, 0.3) is 0 Å². The van der Waals surface area contributed by atoms with Gasteiger partial charge in [0.15, 0.2) is 0 Å². The minimum Gasteiger partial charge on any atom is -0.362 e. The molecule has 8 nitrogen and oxygen atoms in total. The summed E-state index contributed by atoms with van der Waals surface area (Å²) in [5.41, 5.74) is 0.118. The van der Waals surface area contributed by atoms with Gasteiger partial charge < -0.3 is 14.3 Å². The average molecular weight is 426 g/mol. The van der Waals surface area contributed by atoms with E-state index in [1.165, 1.54) is 0 Å². The summed E-state index contributed by atoms with van der Waals surface area (Å²) < 4.78 is 43.7. The molecule has 1 aromatic carbocycles. The molecule has 0 saturated carbocycles. The summed E-state index contributed by atoms with van der Waals surface area (Å²) in [4.78, 5) is 26.3. The lowest BCUT2D eigenvalue weighted by molar-refractivity contribution is -0.384. The summed E-state index contributed by atoms with van der Waals surface area (Å²) in [6.45, 7) is 4.85. The van der Waals surface area contributed by atoms with Gasteiger partial charge in [0.25, 0.3) is 5.69 Å². The van der Waals surface area contributed by atoms with Crippen molar-refractivity contribution >= 4 is 17.3 Å².